The van der Waals surface area contributed by atoms with Crippen LogP contribution in [0.15, 0.2) is 29.2 Å². The van der Waals surface area contributed by atoms with E-state index in [2.05, 4.69) is 9.64 Å². The van der Waals surface area contributed by atoms with Crippen LogP contribution in [0.4, 0.5) is 13.2 Å². The molecule has 0 amide bonds. The molecule has 2 aliphatic rings. The molecule has 0 atom stereocenters. The van der Waals surface area contributed by atoms with Gasteiger partial charge in [0.15, 0.2) is 0 Å². The maximum Gasteiger partial charge on any atom is 0.573 e. The molecule has 3 rings (SSSR count). The predicted molar refractivity (Wildman–Crippen MR) is 94.9 cm³/mol. The van der Waals surface area contributed by atoms with E-state index in [9.17, 15) is 21.6 Å². The zero-order chi connectivity index (χ0) is 19.5. The van der Waals surface area contributed by atoms with Crippen molar-refractivity contribution in [3.8, 4) is 5.75 Å². The van der Waals surface area contributed by atoms with Crippen LogP contribution in [0.1, 0.15) is 38.5 Å². The molecule has 1 aromatic carbocycles. The van der Waals surface area contributed by atoms with Crippen molar-refractivity contribution in [2.75, 3.05) is 26.2 Å². The Morgan fingerprint density at radius 2 is 1.44 bits per heavy atom. The van der Waals surface area contributed by atoms with Gasteiger partial charge in [0.05, 0.1) is 4.90 Å². The van der Waals surface area contributed by atoms with Gasteiger partial charge in [-0.3, -0.25) is 4.90 Å². The van der Waals surface area contributed by atoms with E-state index >= 15 is 0 Å². The fraction of sp³-hybridized carbons (Fsp3) is 0.667. The van der Waals surface area contributed by atoms with Gasteiger partial charge in [0.25, 0.3) is 0 Å². The molecule has 1 aliphatic carbocycles. The summed E-state index contributed by atoms with van der Waals surface area (Å²) in [6.07, 6.45) is 2.57. The van der Waals surface area contributed by atoms with Crippen molar-refractivity contribution in [2.45, 2.75) is 55.8 Å². The number of ether oxygens (including phenoxy) is 1. The fourth-order valence-electron chi connectivity index (χ4n) is 3.89. The van der Waals surface area contributed by atoms with Crippen molar-refractivity contribution in [1.82, 2.24) is 9.21 Å². The number of sulfonamides is 1. The second-order valence-electron chi connectivity index (χ2n) is 7.10. The fourth-order valence-corrected chi connectivity index (χ4v) is 5.32. The van der Waals surface area contributed by atoms with Gasteiger partial charge < -0.3 is 4.74 Å². The maximum absolute atomic E-state index is 12.8. The van der Waals surface area contributed by atoms with Gasteiger partial charge in [0.2, 0.25) is 10.0 Å². The third-order valence-corrected chi connectivity index (χ3v) is 7.22. The van der Waals surface area contributed by atoms with Crippen LogP contribution < -0.4 is 4.74 Å². The third kappa shape index (κ3) is 5.36. The standard InChI is InChI=1S/C18H25F3N2O3S/c19-18(20,21)26-16-7-9-17(10-8-16)27(24,25)23-13-11-22(12-14-23)15-5-3-1-2-4-6-15/h7-10,15H,1-6,11-14H2. The molecule has 1 aliphatic heterocycles. The summed E-state index contributed by atoms with van der Waals surface area (Å²) in [6.45, 7) is 2.19. The third-order valence-electron chi connectivity index (χ3n) is 5.31. The molecule has 9 heteroatoms. The molecule has 0 N–H and O–H groups in total. The van der Waals surface area contributed by atoms with E-state index in [1.165, 1.54) is 42.8 Å². The number of piperazine rings is 1. The lowest BCUT2D eigenvalue weighted by atomic mass is 10.1. The topological polar surface area (TPSA) is 49.9 Å². The monoisotopic (exact) mass is 406 g/mol. The van der Waals surface area contributed by atoms with Crippen LogP contribution in [0.25, 0.3) is 0 Å². The molecule has 0 spiro atoms. The van der Waals surface area contributed by atoms with E-state index in [1.807, 2.05) is 0 Å². The smallest absolute Gasteiger partial charge is 0.406 e. The summed E-state index contributed by atoms with van der Waals surface area (Å²) >= 11 is 0. The minimum absolute atomic E-state index is 0.0139. The van der Waals surface area contributed by atoms with Gasteiger partial charge in [-0.05, 0) is 37.1 Å². The van der Waals surface area contributed by atoms with Crippen LogP contribution in [-0.2, 0) is 10.0 Å². The van der Waals surface area contributed by atoms with E-state index in [1.54, 1.807) is 0 Å². The number of alkyl halides is 3. The van der Waals surface area contributed by atoms with E-state index in [0.717, 1.165) is 24.3 Å². The Bertz CT molecular complexity index is 706. The highest BCUT2D eigenvalue weighted by molar-refractivity contribution is 7.89. The van der Waals surface area contributed by atoms with E-state index in [4.69, 9.17) is 0 Å². The van der Waals surface area contributed by atoms with Crippen LogP contribution in [0.3, 0.4) is 0 Å². The van der Waals surface area contributed by atoms with Gasteiger partial charge in [0, 0.05) is 32.2 Å². The average Bonchev–Trinajstić information content (AvgIpc) is 2.90. The molecule has 1 saturated carbocycles. The van der Waals surface area contributed by atoms with E-state index in [0.29, 0.717) is 32.2 Å². The van der Waals surface area contributed by atoms with Crippen LogP contribution >= 0.6 is 0 Å². The lowest BCUT2D eigenvalue weighted by Gasteiger charge is -2.38. The van der Waals surface area contributed by atoms with Gasteiger partial charge in [0.1, 0.15) is 5.75 Å². The molecule has 0 radical (unpaired) electrons. The van der Waals surface area contributed by atoms with Crippen molar-refractivity contribution in [3.63, 3.8) is 0 Å². The first-order chi connectivity index (χ1) is 12.8. The number of hydrogen-bond acceptors (Lipinski definition) is 4. The highest BCUT2D eigenvalue weighted by Gasteiger charge is 2.33. The number of rotatable bonds is 4. The van der Waals surface area contributed by atoms with Crippen molar-refractivity contribution in [3.05, 3.63) is 24.3 Å². The van der Waals surface area contributed by atoms with Gasteiger partial charge in [-0.2, -0.15) is 4.31 Å². The Morgan fingerprint density at radius 3 is 1.96 bits per heavy atom. The van der Waals surface area contributed by atoms with Crippen molar-refractivity contribution < 1.29 is 26.3 Å². The van der Waals surface area contributed by atoms with Gasteiger partial charge in [-0.1, -0.05) is 25.7 Å². The quantitative estimate of drug-likeness (QED) is 0.717. The molecule has 1 heterocycles. The van der Waals surface area contributed by atoms with Crippen LogP contribution in [0.2, 0.25) is 0 Å². The van der Waals surface area contributed by atoms with Gasteiger partial charge in [-0.15, -0.1) is 13.2 Å². The predicted octanol–water partition coefficient (Wildman–Crippen LogP) is 3.61. The molecule has 27 heavy (non-hydrogen) atoms. The zero-order valence-electron chi connectivity index (χ0n) is 15.1. The minimum atomic E-state index is -4.80. The molecule has 2 fully saturated rings. The minimum Gasteiger partial charge on any atom is -0.406 e. The Kier molecular flexibility index (Phi) is 6.32. The van der Waals surface area contributed by atoms with Gasteiger partial charge >= 0.3 is 6.36 Å². The number of benzene rings is 1. The largest absolute Gasteiger partial charge is 0.573 e. The second kappa shape index (κ2) is 8.36. The highest BCUT2D eigenvalue weighted by atomic mass is 32.2. The van der Waals surface area contributed by atoms with Gasteiger partial charge in [-0.25, -0.2) is 8.42 Å². The first-order valence-electron chi connectivity index (χ1n) is 9.36. The first kappa shape index (κ1) is 20.4. The molecule has 0 aromatic heterocycles. The lowest BCUT2D eigenvalue weighted by Crippen LogP contribution is -2.51. The Morgan fingerprint density at radius 1 is 0.889 bits per heavy atom. The van der Waals surface area contributed by atoms with E-state index in [-0.39, 0.29) is 4.90 Å². The number of halogens is 3. The molecule has 1 saturated heterocycles. The van der Waals surface area contributed by atoms with Crippen molar-refractivity contribution in [1.29, 1.82) is 0 Å². The number of nitrogens with zero attached hydrogens (tertiary/aromatic N) is 2. The maximum atomic E-state index is 12.8. The van der Waals surface area contributed by atoms with Crippen LogP contribution in [0, 0.1) is 0 Å². The SMILES string of the molecule is O=S(=O)(c1ccc(OC(F)(F)F)cc1)N1CCN(C2CCCCCC2)CC1. The highest BCUT2D eigenvalue weighted by Crippen LogP contribution is 2.27. The lowest BCUT2D eigenvalue weighted by molar-refractivity contribution is -0.274. The first-order valence-corrected chi connectivity index (χ1v) is 10.8. The van der Waals surface area contributed by atoms with Crippen molar-refractivity contribution >= 4 is 10.0 Å². The normalized spacial score (nSPS) is 21.7. The van der Waals surface area contributed by atoms with E-state index < -0.39 is 22.1 Å². The summed E-state index contributed by atoms with van der Waals surface area (Å²) < 4.78 is 67.4. The molecule has 0 unspecified atom stereocenters. The van der Waals surface area contributed by atoms with Crippen LogP contribution in [-0.4, -0.2) is 56.2 Å². The summed E-state index contributed by atoms with van der Waals surface area (Å²) in [5, 5.41) is 0. The molecular weight excluding hydrogens is 381 g/mol. The molecule has 0 bridgehead atoms. The molecule has 152 valence electrons. The molecule has 1 aromatic rings. The summed E-state index contributed by atoms with van der Waals surface area (Å²) in [7, 11) is -3.71. The summed E-state index contributed by atoms with van der Waals surface area (Å²) in [4.78, 5) is 2.37. The average molecular weight is 406 g/mol. The summed E-state index contributed by atoms with van der Waals surface area (Å²) in [5.41, 5.74) is 0. The summed E-state index contributed by atoms with van der Waals surface area (Å²) in [5.74, 6) is -0.431. The Labute approximate surface area is 158 Å². The zero-order valence-corrected chi connectivity index (χ0v) is 15.9. The molecular formula is C18H25F3N2O3S. The van der Waals surface area contributed by atoms with Crippen molar-refractivity contribution in [2.24, 2.45) is 0 Å². The number of hydrogen-bond donors (Lipinski definition) is 0. The molecule has 5 nitrogen and oxygen atoms in total. The summed E-state index contributed by atoms with van der Waals surface area (Å²) in [6, 6.07) is 4.92. The Hall–Kier alpha value is -1.32. The Balaban J connectivity index is 1.61. The van der Waals surface area contributed by atoms with Crippen LogP contribution in [0.5, 0.6) is 5.75 Å². The second-order valence-corrected chi connectivity index (χ2v) is 9.04.